The molecule has 0 spiro atoms. The summed E-state index contributed by atoms with van der Waals surface area (Å²) in [4.78, 5) is 14.1. The Morgan fingerprint density at radius 1 is 1.53 bits per heavy atom. The number of aryl methyl sites for hydroxylation is 1. The van der Waals surface area contributed by atoms with Crippen molar-refractivity contribution in [2.24, 2.45) is 0 Å². The van der Waals surface area contributed by atoms with Crippen LogP contribution in [-0.2, 0) is 0 Å². The summed E-state index contributed by atoms with van der Waals surface area (Å²) >= 11 is 0. The molecule has 1 amide bonds. The molecule has 0 bridgehead atoms. The predicted molar refractivity (Wildman–Crippen MR) is 72.0 cm³/mol. The molecule has 0 heterocycles. The van der Waals surface area contributed by atoms with E-state index in [1.54, 1.807) is 23.1 Å². The van der Waals surface area contributed by atoms with Crippen LogP contribution in [0.5, 0.6) is 0 Å². The van der Waals surface area contributed by atoms with E-state index in [4.69, 9.17) is 5.73 Å². The van der Waals surface area contributed by atoms with E-state index >= 15 is 0 Å². The fourth-order valence-electron chi connectivity index (χ4n) is 1.80. The molecule has 92 valence electrons. The number of hydrogen-bond acceptors (Lipinski definition) is 2. The molecule has 3 nitrogen and oxygen atoms in total. The van der Waals surface area contributed by atoms with Gasteiger partial charge in [0.15, 0.2) is 0 Å². The third kappa shape index (κ3) is 3.34. The van der Waals surface area contributed by atoms with E-state index in [0.29, 0.717) is 12.2 Å². The number of rotatable bonds is 5. The van der Waals surface area contributed by atoms with Crippen LogP contribution < -0.4 is 5.73 Å². The fourth-order valence-corrected chi connectivity index (χ4v) is 1.80. The summed E-state index contributed by atoms with van der Waals surface area (Å²) < 4.78 is 0. The standard InChI is InChI=1S/C14H20N2O/c1-4-8-16(9-5-2)14(17)13-7-6-12(15)10-11(13)3/h4,6-7,10H,1,5,8-9,15H2,2-3H3. The molecule has 0 unspecified atom stereocenters. The van der Waals surface area contributed by atoms with Crippen molar-refractivity contribution >= 4 is 11.6 Å². The Kier molecular flexibility index (Phi) is 4.76. The zero-order valence-corrected chi connectivity index (χ0v) is 10.6. The highest BCUT2D eigenvalue weighted by molar-refractivity contribution is 5.96. The van der Waals surface area contributed by atoms with Crippen LogP contribution in [0, 0.1) is 6.92 Å². The first-order valence-corrected chi connectivity index (χ1v) is 5.86. The normalized spacial score (nSPS) is 10.0. The quantitative estimate of drug-likeness (QED) is 0.626. The number of hydrogen-bond donors (Lipinski definition) is 1. The molecule has 1 aromatic rings. The van der Waals surface area contributed by atoms with Gasteiger partial charge >= 0.3 is 0 Å². The second-order valence-corrected chi connectivity index (χ2v) is 4.11. The van der Waals surface area contributed by atoms with Crippen molar-refractivity contribution in [2.45, 2.75) is 20.3 Å². The van der Waals surface area contributed by atoms with Gasteiger partial charge in [-0.3, -0.25) is 4.79 Å². The average Bonchev–Trinajstić information content (AvgIpc) is 2.28. The molecule has 0 fully saturated rings. The van der Waals surface area contributed by atoms with Crippen molar-refractivity contribution in [1.29, 1.82) is 0 Å². The number of nitrogen functional groups attached to an aromatic ring is 1. The molecule has 2 N–H and O–H groups in total. The summed E-state index contributed by atoms with van der Waals surface area (Å²) in [5, 5.41) is 0. The Balaban J connectivity index is 2.96. The number of carbonyl (C=O) groups is 1. The molecule has 17 heavy (non-hydrogen) atoms. The third-order valence-electron chi connectivity index (χ3n) is 2.61. The highest BCUT2D eigenvalue weighted by Gasteiger charge is 2.15. The van der Waals surface area contributed by atoms with Gasteiger partial charge < -0.3 is 10.6 Å². The number of nitrogens with two attached hydrogens (primary N) is 1. The van der Waals surface area contributed by atoms with Crippen molar-refractivity contribution in [1.82, 2.24) is 4.90 Å². The molecule has 1 aromatic carbocycles. The van der Waals surface area contributed by atoms with Crippen LogP contribution >= 0.6 is 0 Å². The fraction of sp³-hybridized carbons (Fsp3) is 0.357. The lowest BCUT2D eigenvalue weighted by atomic mass is 10.1. The van der Waals surface area contributed by atoms with Crippen LogP contribution in [-0.4, -0.2) is 23.9 Å². The highest BCUT2D eigenvalue weighted by atomic mass is 16.2. The molecule has 0 atom stereocenters. The molecule has 0 radical (unpaired) electrons. The van der Waals surface area contributed by atoms with Gasteiger partial charge in [-0.15, -0.1) is 6.58 Å². The predicted octanol–water partition coefficient (Wildman–Crippen LogP) is 2.62. The number of carbonyl (C=O) groups excluding carboxylic acids is 1. The van der Waals surface area contributed by atoms with Gasteiger partial charge in [0.1, 0.15) is 0 Å². The van der Waals surface area contributed by atoms with Gasteiger partial charge in [0, 0.05) is 24.3 Å². The molecule has 0 saturated carbocycles. The zero-order chi connectivity index (χ0) is 12.8. The Hall–Kier alpha value is -1.77. The van der Waals surface area contributed by atoms with Gasteiger partial charge in [-0.1, -0.05) is 13.0 Å². The van der Waals surface area contributed by atoms with Gasteiger partial charge in [0.2, 0.25) is 0 Å². The second kappa shape index (κ2) is 6.09. The van der Waals surface area contributed by atoms with E-state index in [-0.39, 0.29) is 5.91 Å². The summed E-state index contributed by atoms with van der Waals surface area (Å²) in [6.07, 6.45) is 2.69. The van der Waals surface area contributed by atoms with Crippen LogP contribution in [0.4, 0.5) is 5.69 Å². The van der Waals surface area contributed by atoms with E-state index in [2.05, 4.69) is 13.5 Å². The van der Waals surface area contributed by atoms with Gasteiger partial charge in [0.25, 0.3) is 5.91 Å². The van der Waals surface area contributed by atoms with E-state index in [1.165, 1.54) is 0 Å². The van der Waals surface area contributed by atoms with Crippen molar-refractivity contribution in [3.05, 3.63) is 42.0 Å². The van der Waals surface area contributed by atoms with E-state index in [0.717, 1.165) is 24.1 Å². The maximum atomic E-state index is 12.3. The van der Waals surface area contributed by atoms with Crippen LogP contribution in [0.1, 0.15) is 29.3 Å². The minimum Gasteiger partial charge on any atom is -0.399 e. The molecule has 1 rings (SSSR count). The van der Waals surface area contributed by atoms with Gasteiger partial charge in [0.05, 0.1) is 0 Å². The minimum atomic E-state index is 0.0456. The van der Waals surface area contributed by atoms with Crippen molar-refractivity contribution in [3.8, 4) is 0 Å². The highest BCUT2D eigenvalue weighted by Crippen LogP contribution is 2.15. The first-order valence-electron chi connectivity index (χ1n) is 5.86. The number of amides is 1. The van der Waals surface area contributed by atoms with Gasteiger partial charge in [-0.05, 0) is 37.1 Å². The van der Waals surface area contributed by atoms with Crippen molar-refractivity contribution < 1.29 is 4.79 Å². The molecule has 3 heteroatoms. The summed E-state index contributed by atoms with van der Waals surface area (Å²) in [6.45, 7) is 8.97. The molecule has 0 aliphatic rings. The second-order valence-electron chi connectivity index (χ2n) is 4.11. The number of nitrogens with zero attached hydrogens (tertiary/aromatic N) is 1. The molecular formula is C14H20N2O. The topological polar surface area (TPSA) is 46.3 Å². The lowest BCUT2D eigenvalue weighted by Gasteiger charge is -2.21. The van der Waals surface area contributed by atoms with Gasteiger partial charge in [-0.2, -0.15) is 0 Å². The molecule has 0 aliphatic heterocycles. The molecule has 0 saturated heterocycles. The summed E-state index contributed by atoms with van der Waals surface area (Å²) in [5.74, 6) is 0.0456. The van der Waals surface area contributed by atoms with Crippen LogP contribution in [0.2, 0.25) is 0 Å². The lowest BCUT2D eigenvalue weighted by Crippen LogP contribution is -2.32. The van der Waals surface area contributed by atoms with E-state index in [9.17, 15) is 4.79 Å². The van der Waals surface area contributed by atoms with Crippen LogP contribution in [0.25, 0.3) is 0 Å². The van der Waals surface area contributed by atoms with Crippen molar-refractivity contribution in [2.75, 3.05) is 18.8 Å². The average molecular weight is 232 g/mol. The zero-order valence-electron chi connectivity index (χ0n) is 10.6. The first kappa shape index (κ1) is 13.3. The van der Waals surface area contributed by atoms with Crippen LogP contribution in [0.15, 0.2) is 30.9 Å². The molecular weight excluding hydrogens is 212 g/mol. The Labute approximate surface area is 103 Å². The van der Waals surface area contributed by atoms with E-state index < -0.39 is 0 Å². The number of anilines is 1. The SMILES string of the molecule is C=CCN(CCC)C(=O)c1ccc(N)cc1C. The first-order chi connectivity index (χ1) is 8.10. The Morgan fingerprint density at radius 2 is 2.24 bits per heavy atom. The largest absolute Gasteiger partial charge is 0.399 e. The maximum Gasteiger partial charge on any atom is 0.254 e. The lowest BCUT2D eigenvalue weighted by molar-refractivity contribution is 0.0773. The number of benzene rings is 1. The smallest absolute Gasteiger partial charge is 0.254 e. The van der Waals surface area contributed by atoms with Crippen molar-refractivity contribution in [3.63, 3.8) is 0 Å². The molecule has 0 aromatic heterocycles. The van der Waals surface area contributed by atoms with Crippen LogP contribution in [0.3, 0.4) is 0 Å². The van der Waals surface area contributed by atoms with E-state index in [1.807, 2.05) is 13.0 Å². The summed E-state index contributed by atoms with van der Waals surface area (Å²) in [6, 6.07) is 5.38. The third-order valence-corrected chi connectivity index (χ3v) is 2.61. The maximum absolute atomic E-state index is 12.3. The Bertz CT molecular complexity index is 413. The van der Waals surface area contributed by atoms with Gasteiger partial charge in [-0.25, -0.2) is 0 Å². The molecule has 0 aliphatic carbocycles. The Morgan fingerprint density at radius 3 is 2.76 bits per heavy atom. The summed E-state index contributed by atoms with van der Waals surface area (Å²) in [7, 11) is 0. The monoisotopic (exact) mass is 232 g/mol. The summed E-state index contributed by atoms with van der Waals surface area (Å²) in [5.41, 5.74) is 8.00. The minimum absolute atomic E-state index is 0.0456.